The predicted molar refractivity (Wildman–Crippen MR) is 67.4 cm³/mol. The van der Waals surface area contributed by atoms with E-state index in [-0.39, 0.29) is 17.2 Å². The monoisotopic (exact) mass is 261 g/mol. The van der Waals surface area contributed by atoms with E-state index in [9.17, 15) is 14.9 Å². The molecule has 0 spiro atoms. The summed E-state index contributed by atoms with van der Waals surface area (Å²) in [4.78, 5) is 27.7. The third-order valence-electron chi connectivity index (χ3n) is 2.55. The second-order valence-electron chi connectivity index (χ2n) is 3.91. The van der Waals surface area contributed by atoms with Gasteiger partial charge in [-0.2, -0.15) is 0 Å². The van der Waals surface area contributed by atoms with Crippen molar-refractivity contribution in [2.75, 3.05) is 5.73 Å². The molecule has 0 atom stereocenters. The van der Waals surface area contributed by atoms with Crippen molar-refractivity contribution in [3.8, 4) is 0 Å². The van der Waals surface area contributed by atoms with Gasteiger partial charge in [-0.3, -0.25) is 14.9 Å². The van der Waals surface area contributed by atoms with Crippen LogP contribution < -0.4 is 11.5 Å². The standard InChI is InChI=1S/C11H11N5O3/c12-10-9(11(13)17)14-8(15-10)5-6-1-3-7(4-2-6)16(18)19/h1-4H,5,12H2,(H2,13,17)(H,14,15). The van der Waals surface area contributed by atoms with Crippen molar-refractivity contribution in [1.82, 2.24) is 9.97 Å². The average molecular weight is 261 g/mol. The molecule has 98 valence electrons. The molecule has 0 aliphatic heterocycles. The number of primary amides is 1. The molecular weight excluding hydrogens is 250 g/mol. The second kappa shape index (κ2) is 4.77. The molecule has 5 N–H and O–H groups in total. The number of carbonyl (C=O) groups is 1. The third-order valence-corrected chi connectivity index (χ3v) is 2.55. The summed E-state index contributed by atoms with van der Waals surface area (Å²) in [6, 6.07) is 6.02. The zero-order valence-electron chi connectivity index (χ0n) is 9.79. The highest BCUT2D eigenvalue weighted by atomic mass is 16.6. The van der Waals surface area contributed by atoms with Gasteiger partial charge in [0.15, 0.2) is 5.82 Å². The molecule has 8 heteroatoms. The number of carbonyl (C=O) groups excluding carboxylic acids is 1. The molecule has 1 aromatic heterocycles. The number of nitro benzene ring substituents is 1. The van der Waals surface area contributed by atoms with E-state index in [0.717, 1.165) is 5.56 Å². The molecule has 0 radical (unpaired) electrons. The van der Waals surface area contributed by atoms with Crippen molar-refractivity contribution in [1.29, 1.82) is 0 Å². The van der Waals surface area contributed by atoms with Gasteiger partial charge in [0.1, 0.15) is 11.5 Å². The lowest BCUT2D eigenvalue weighted by Gasteiger charge is -1.97. The second-order valence-corrected chi connectivity index (χ2v) is 3.91. The first-order valence-corrected chi connectivity index (χ1v) is 5.35. The molecule has 1 heterocycles. The van der Waals surface area contributed by atoms with Crippen LogP contribution in [0.4, 0.5) is 11.5 Å². The van der Waals surface area contributed by atoms with Crippen molar-refractivity contribution in [2.24, 2.45) is 5.73 Å². The number of nitrogens with zero attached hydrogens (tertiary/aromatic N) is 2. The van der Waals surface area contributed by atoms with Crippen molar-refractivity contribution in [3.63, 3.8) is 0 Å². The van der Waals surface area contributed by atoms with Gasteiger partial charge >= 0.3 is 0 Å². The van der Waals surface area contributed by atoms with Gasteiger partial charge in [-0.25, -0.2) is 4.98 Å². The van der Waals surface area contributed by atoms with Gasteiger partial charge in [-0.05, 0) is 5.56 Å². The van der Waals surface area contributed by atoms with Gasteiger partial charge < -0.3 is 16.5 Å². The van der Waals surface area contributed by atoms with Crippen molar-refractivity contribution < 1.29 is 9.72 Å². The summed E-state index contributed by atoms with van der Waals surface area (Å²) in [5.74, 6) is -0.162. The molecule has 2 rings (SSSR count). The van der Waals surface area contributed by atoms with E-state index in [1.54, 1.807) is 12.1 Å². The minimum absolute atomic E-state index is 0.0144. The van der Waals surface area contributed by atoms with Gasteiger partial charge in [-0.1, -0.05) is 12.1 Å². The molecule has 0 unspecified atom stereocenters. The number of aromatic nitrogens is 2. The first kappa shape index (κ1) is 12.6. The molecule has 2 aromatic rings. The molecule has 0 fully saturated rings. The number of hydrogen-bond donors (Lipinski definition) is 3. The van der Waals surface area contributed by atoms with Crippen LogP contribution in [-0.2, 0) is 6.42 Å². The molecule has 1 aromatic carbocycles. The van der Waals surface area contributed by atoms with E-state index in [1.807, 2.05) is 0 Å². The number of nitro groups is 1. The Morgan fingerprint density at radius 1 is 1.37 bits per heavy atom. The minimum atomic E-state index is -0.681. The molecule has 8 nitrogen and oxygen atoms in total. The molecule has 19 heavy (non-hydrogen) atoms. The lowest BCUT2D eigenvalue weighted by Crippen LogP contribution is -2.13. The van der Waals surface area contributed by atoms with E-state index in [4.69, 9.17) is 11.5 Å². The van der Waals surface area contributed by atoms with Crippen LogP contribution in [0.5, 0.6) is 0 Å². The maximum atomic E-state index is 11.0. The number of hydrogen-bond acceptors (Lipinski definition) is 5. The van der Waals surface area contributed by atoms with Crippen LogP contribution in [0.25, 0.3) is 0 Å². The largest absolute Gasteiger partial charge is 0.382 e. The highest BCUT2D eigenvalue weighted by Crippen LogP contribution is 2.15. The van der Waals surface area contributed by atoms with Gasteiger partial charge in [-0.15, -0.1) is 0 Å². The highest BCUT2D eigenvalue weighted by Gasteiger charge is 2.12. The Morgan fingerprint density at radius 3 is 2.47 bits per heavy atom. The van der Waals surface area contributed by atoms with Crippen LogP contribution in [0.2, 0.25) is 0 Å². The third kappa shape index (κ3) is 2.68. The lowest BCUT2D eigenvalue weighted by molar-refractivity contribution is -0.384. The number of aromatic amines is 1. The highest BCUT2D eigenvalue weighted by molar-refractivity contribution is 5.95. The first-order chi connectivity index (χ1) is 8.97. The number of non-ortho nitro benzene ring substituents is 1. The summed E-state index contributed by atoms with van der Waals surface area (Å²) in [7, 11) is 0. The molecule has 1 amide bonds. The fraction of sp³-hybridized carbons (Fsp3) is 0.0909. The number of H-pyrrole nitrogens is 1. The van der Waals surface area contributed by atoms with E-state index in [2.05, 4.69) is 9.97 Å². The Balaban J connectivity index is 2.19. The molecule has 0 saturated heterocycles. The van der Waals surface area contributed by atoms with Crippen LogP contribution in [0.1, 0.15) is 21.9 Å². The number of nitrogen functional groups attached to an aromatic ring is 1. The summed E-state index contributed by atoms with van der Waals surface area (Å²) < 4.78 is 0. The predicted octanol–water partition coefficient (Wildman–Crippen LogP) is 0.590. The zero-order valence-corrected chi connectivity index (χ0v) is 9.79. The van der Waals surface area contributed by atoms with Crippen LogP contribution in [0.15, 0.2) is 24.3 Å². The summed E-state index contributed by atoms with van der Waals surface area (Å²) in [6.45, 7) is 0. The fourth-order valence-corrected chi connectivity index (χ4v) is 1.64. The number of rotatable bonds is 4. The molecule has 0 saturated carbocycles. The maximum Gasteiger partial charge on any atom is 0.269 e. The smallest absolute Gasteiger partial charge is 0.269 e. The summed E-state index contributed by atoms with van der Waals surface area (Å²) >= 11 is 0. The number of anilines is 1. The maximum absolute atomic E-state index is 11.0. The quantitative estimate of drug-likeness (QED) is 0.545. The SMILES string of the molecule is NC(=O)c1[nH]c(Cc2ccc([N+](=O)[O-])cc2)nc1N. The first-order valence-electron chi connectivity index (χ1n) is 5.35. The summed E-state index contributed by atoms with van der Waals surface area (Å²) in [6.07, 6.45) is 0.371. The van der Waals surface area contributed by atoms with Gasteiger partial charge in [0.2, 0.25) is 0 Å². The molecule has 0 aliphatic carbocycles. The van der Waals surface area contributed by atoms with Crippen LogP contribution in [-0.4, -0.2) is 20.8 Å². The zero-order chi connectivity index (χ0) is 14.0. The van der Waals surface area contributed by atoms with Gasteiger partial charge in [0.25, 0.3) is 11.6 Å². The van der Waals surface area contributed by atoms with Gasteiger partial charge in [0.05, 0.1) is 4.92 Å². The van der Waals surface area contributed by atoms with Crippen molar-refractivity contribution >= 4 is 17.4 Å². The average Bonchev–Trinajstić information content (AvgIpc) is 2.71. The van der Waals surface area contributed by atoms with E-state index in [0.29, 0.717) is 12.2 Å². The normalized spacial score (nSPS) is 10.3. The number of nitrogens with two attached hydrogens (primary N) is 2. The molecule has 0 aliphatic rings. The topological polar surface area (TPSA) is 141 Å². The number of amides is 1. The Kier molecular flexibility index (Phi) is 3.15. The molecule has 0 bridgehead atoms. The minimum Gasteiger partial charge on any atom is -0.382 e. The number of imidazole rings is 1. The Morgan fingerprint density at radius 2 is 2.00 bits per heavy atom. The Labute approximate surface area is 107 Å². The van der Waals surface area contributed by atoms with Gasteiger partial charge in [0, 0.05) is 18.6 Å². The van der Waals surface area contributed by atoms with E-state index in [1.165, 1.54) is 12.1 Å². The van der Waals surface area contributed by atoms with Crippen LogP contribution in [0.3, 0.4) is 0 Å². The lowest BCUT2D eigenvalue weighted by atomic mass is 10.1. The van der Waals surface area contributed by atoms with Crippen molar-refractivity contribution in [2.45, 2.75) is 6.42 Å². The van der Waals surface area contributed by atoms with Crippen molar-refractivity contribution in [3.05, 3.63) is 51.5 Å². The van der Waals surface area contributed by atoms with E-state index < -0.39 is 10.8 Å². The Hall–Kier alpha value is -2.90. The Bertz CT molecular complexity index is 632. The fourth-order valence-electron chi connectivity index (χ4n) is 1.64. The van der Waals surface area contributed by atoms with E-state index >= 15 is 0 Å². The molecular formula is C11H11N5O3. The number of nitrogens with one attached hydrogen (secondary N) is 1. The summed E-state index contributed by atoms with van der Waals surface area (Å²) in [5.41, 5.74) is 11.5. The van der Waals surface area contributed by atoms with Crippen LogP contribution in [0, 0.1) is 10.1 Å². The van der Waals surface area contributed by atoms with Crippen LogP contribution >= 0.6 is 0 Å². The number of benzene rings is 1. The summed E-state index contributed by atoms with van der Waals surface area (Å²) in [5, 5.41) is 10.5.